The smallest absolute Gasteiger partial charge is 0.0797 e. The number of aryl methyl sites for hydroxylation is 2. The van der Waals surface area contributed by atoms with E-state index in [1.807, 2.05) is 5.51 Å². The monoisotopic (exact) mass is 156 g/mol. The highest BCUT2D eigenvalue weighted by molar-refractivity contribution is 7.09. The molecular weight excluding hydrogens is 144 g/mol. The largest absolute Gasteiger partial charge is 0.330 e. The molecule has 3 heteroatoms. The van der Waals surface area contributed by atoms with Crippen molar-refractivity contribution in [3.63, 3.8) is 0 Å². The van der Waals surface area contributed by atoms with E-state index in [2.05, 4.69) is 11.9 Å². The number of hydrogen-bond acceptors (Lipinski definition) is 3. The van der Waals surface area contributed by atoms with E-state index in [-0.39, 0.29) is 0 Å². The summed E-state index contributed by atoms with van der Waals surface area (Å²) in [7, 11) is 0. The molecule has 0 saturated heterocycles. The fraction of sp³-hybridized carbons (Fsp3) is 0.571. The molecule has 0 fully saturated rings. The Morgan fingerprint density at radius 2 is 2.50 bits per heavy atom. The second-order valence-electron chi connectivity index (χ2n) is 2.25. The average molecular weight is 156 g/mol. The summed E-state index contributed by atoms with van der Waals surface area (Å²) in [4.78, 5) is 5.54. The Labute approximate surface area is 65.1 Å². The van der Waals surface area contributed by atoms with Crippen LogP contribution in [-0.2, 0) is 6.42 Å². The van der Waals surface area contributed by atoms with E-state index in [4.69, 9.17) is 5.73 Å². The highest BCUT2D eigenvalue weighted by Crippen LogP contribution is 2.12. The molecule has 0 amide bonds. The Hall–Kier alpha value is -0.410. The van der Waals surface area contributed by atoms with Gasteiger partial charge in [-0.25, -0.2) is 4.98 Å². The average Bonchev–Trinajstić information content (AvgIpc) is 2.31. The Morgan fingerprint density at radius 3 is 3.00 bits per heavy atom. The number of aromatic nitrogens is 1. The predicted molar refractivity (Wildman–Crippen MR) is 44.2 cm³/mol. The first kappa shape index (κ1) is 7.69. The van der Waals surface area contributed by atoms with Gasteiger partial charge in [0.15, 0.2) is 0 Å². The molecule has 1 rings (SSSR count). The second kappa shape index (κ2) is 3.68. The first-order valence-electron chi connectivity index (χ1n) is 3.43. The SMILES string of the molecule is Cc1scnc1CCCN. The molecule has 0 unspecified atom stereocenters. The van der Waals surface area contributed by atoms with Crippen LogP contribution in [0, 0.1) is 6.92 Å². The summed E-state index contributed by atoms with van der Waals surface area (Å²) in [5.74, 6) is 0. The molecule has 2 nitrogen and oxygen atoms in total. The summed E-state index contributed by atoms with van der Waals surface area (Å²) in [6.45, 7) is 2.86. The molecule has 0 bridgehead atoms. The van der Waals surface area contributed by atoms with Crippen LogP contribution >= 0.6 is 11.3 Å². The maximum atomic E-state index is 5.37. The lowest BCUT2D eigenvalue weighted by atomic mass is 10.2. The number of nitrogens with two attached hydrogens (primary N) is 1. The summed E-state index contributed by atoms with van der Waals surface area (Å²) in [5.41, 5.74) is 8.48. The van der Waals surface area contributed by atoms with Gasteiger partial charge >= 0.3 is 0 Å². The third-order valence-corrected chi connectivity index (χ3v) is 2.26. The number of nitrogens with zero attached hydrogens (tertiary/aromatic N) is 1. The molecule has 2 N–H and O–H groups in total. The lowest BCUT2D eigenvalue weighted by Gasteiger charge is -1.93. The van der Waals surface area contributed by atoms with E-state index in [9.17, 15) is 0 Å². The van der Waals surface area contributed by atoms with E-state index < -0.39 is 0 Å². The van der Waals surface area contributed by atoms with Crippen molar-refractivity contribution in [1.82, 2.24) is 4.98 Å². The fourth-order valence-corrected chi connectivity index (χ4v) is 1.47. The van der Waals surface area contributed by atoms with Crippen molar-refractivity contribution in [2.75, 3.05) is 6.54 Å². The second-order valence-corrected chi connectivity index (χ2v) is 3.31. The topological polar surface area (TPSA) is 38.9 Å². The van der Waals surface area contributed by atoms with Crippen LogP contribution in [0.2, 0.25) is 0 Å². The summed E-state index contributed by atoms with van der Waals surface area (Å²) in [5, 5.41) is 0. The molecule has 0 aliphatic rings. The van der Waals surface area contributed by atoms with Crippen molar-refractivity contribution in [2.24, 2.45) is 5.73 Å². The lowest BCUT2D eigenvalue weighted by molar-refractivity contribution is 0.811. The maximum absolute atomic E-state index is 5.37. The standard InChI is InChI=1S/C7H12N2S/c1-6-7(3-2-4-8)9-5-10-6/h5H,2-4,8H2,1H3. The molecule has 0 radical (unpaired) electrons. The highest BCUT2D eigenvalue weighted by atomic mass is 32.1. The zero-order valence-electron chi connectivity index (χ0n) is 6.13. The van der Waals surface area contributed by atoms with E-state index in [1.54, 1.807) is 11.3 Å². The molecule has 0 atom stereocenters. The van der Waals surface area contributed by atoms with E-state index in [0.717, 1.165) is 19.4 Å². The molecule has 0 aliphatic carbocycles. The summed E-state index contributed by atoms with van der Waals surface area (Å²) < 4.78 is 0. The van der Waals surface area contributed by atoms with Crippen LogP contribution in [0.25, 0.3) is 0 Å². The van der Waals surface area contributed by atoms with Gasteiger partial charge in [0, 0.05) is 4.88 Å². The van der Waals surface area contributed by atoms with Crippen LogP contribution in [0.5, 0.6) is 0 Å². The van der Waals surface area contributed by atoms with Crippen LogP contribution in [0.4, 0.5) is 0 Å². The lowest BCUT2D eigenvalue weighted by Crippen LogP contribution is -2.00. The van der Waals surface area contributed by atoms with Crippen molar-refractivity contribution in [2.45, 2.75) is 19.8 Å². The third-order valence-electron chi connectivity index (χ3n) is 1.46. The molecule has 0 aromatic carbocycles. The van der Waals surface area contributed by atoms with Crippen LogP contribution in [0.1, 0.15) is 17.0 Å². The Balaban J connectivity index is 2.49. The zero-order chi connectivity index (χ0) is 7.40. The van der Waals surface area contributed by atoms with E-state index in [0.29, 0.717) is 0 Å². The van der Waals surface area contributed by atoms with Gasteiger partial charge in [0.25, 0.3) is 0 Å². The third kappa shape index (κ3) is 1.78. The zero-order valence-corrected chi connectivity index (χ0v) is 6.95. The summed E-state index contributed by atoms with van der Waals surface area (Å²) >= 11 is 1.70. The first-order chi connectivity index (χ1) is 4.84. The van der Waals surface area contributed by atoms with Crippen molar-refractivity contribution in [1.29, 1.82) is 0 Å². The first-order valence-corrected chi connectivity index (χ1v) is 4.31. The van der Waals surface area contributed by atoms with Gasteiger partial charge in [-0.1, -0.05) is 0 Å². The van der Waals surface area contributed by atoms with Gasteiger partial charge < -0.3 is 5.73 Å². The minimum atomic E-state index is 0.761. The van der Waals surface area contributed by atoms with Crippen molar-refractivity contribution in [3.8, 4) is 0 Å². The quantitative estimate of drug-likeness (QED) is 0.717. The maximum Gasteiger partial charge on any atom is 0.0797 e. The molecule has 1 aromatic rings. The normalized spacial score (nSPS) is 10.2. The summed E-state index contributed by atoms with van der Waals surface area (Å²) in [6.07, 6.45) is 2.08. The van der Waals surface area contributed by atoms with E-state index >= 15 is 0 Å². The summed E-state index contributed by atoms with van der Waals surface area (Å²) in [6, 6.07) is 0. The van der Waals surface area contributed by atoms with Gasteiger partial charge in [-0.15, -0.1) is 11.3 Å². The van der Waals surface area contributed by atoms with Gasteiger partial charge in [-0.05, 0) is 26.3 Å². The minimum Gasteiger partial charge on any atom is -0.330 e. The van der Waals surface area contributed by atoms with E-state index in [1.165, 1.54) is 10.6 Å². The van der Waals surface area contributed by atoms with Crippen LogP contribution in [0.15, 0.2) is 5.51 Å². The molecule has 0 aliphatic heterocycles. The Bertz CT molecular complexity index is 195. The van der Waals surface area contributed by atoms with Gasteiger partial charge in [0.05, 0.1) is 11.2 Å². The Morgan fingerprint density at radius 1 is 1.70 bits per heavy atom. The molecule has 0 saturated carbocycles. The van der Waals surface area contributed by atoms with Crippen molar-refractivity contribution < 1.29 is 0 Å². The number of rotatable bonds is 3. The highest BCUT2D eigenvalue weighted by Gasteiger charge is 1.98. The molecule has 1 heterocycles. The van der Waals surface area contributed by atoms with Crippen molar-refractivity contribution >= 4 is 11.3 Å². The molecule has 56 valence electrons. The fourth-order valence-electron chi connectivity index (χ4n) is 0.838. The molecular formula is C7H12N2S. The molecule has 0 spiro atoms. The van der Waals surface area contributed by atoms with Gasteiger partial charge in [-0.3, -0.25) is 0 Å². The van der Waals surface area contributed by atoms with Gasteiger partial charge in [-0.2, -0.15) is 0 Å². The number of thiazole rings is 1. The molecule has 1 aromatic heterocycles. The minimum absolute atomic E-state index is 0.761. The van der Waals surface area contributed by atoms with Gasteiger partial charge in [0.2, 0.25) is 0 Å². The molecule has 10 heavy (non-hydrogen) atoms. The van der Waals surface area contributed by atoms with Crippen molar-refractivity contribution in [3.05, 3.63) is 16.1 Å². The van der Waals surface area contributed by atoms with Crippen LogP contribution in [0.3, 0.4) is 0 Å². The van der Waals surface area contributed by atoms with Gasteiger partial charge in [0.1, 0.15) is 0 Å². The van der Waals surface area contributed by atoms with Crippen LogP contribution in [-0.4, -0.2) is 11.5 Å². The van der Waals surface area contributed by atoms with Crippen LogP contribution < -0.4 is 5.73 Å². The Kier molecular flexibility index (Phi) is 2.83. The number of hydrogen-bond donors (Lipinski definition) is 1. The predicted octanol–water partition coefficient (Wildman–Crippen LogP) is 1.34.